The highest BCUT2D eigenvalue weighted by atomic mass is 16.5. The molecule has 0 amide bonds. The minimum Gasteiger partial charge on any atom is -0.491 e. The molecule has 1 aromatic carbocycles. The summed E-state index contributed by atoms with van der Waals surface area (Å²) in [5.41, 5.74) is 1.19. The molecular weight excluding hydrogens is 252 g/mol. The number of rotatable bonds is 3. The molecule has 0 saturated carbocycles. The zero-order valence-electron chi connectivity index (χ0n) is 11.5. The Balaban J connectivity index is 1.85. The second-order valence-corrected chi connectivity index (χ2v) is 4.67. The Hall–Kier alpha value is -2.30. The first-order valence-corrected chi connectivity index (χ1v) is 6.88. The van der Waals surface area contributed by atoms with Crippen molar-refractivity contribution >= 4 is 11.6 Å². The van der Waals surface area contributed by atoms with Crippen molar-refractivity contribution in [2.24, 2.45) is 0 Å². The Morgan fingerprint density at radius 3 is 3.10 bits per heavy atom. The van der Waals surface area contributed by atoms with E-state index in [1.54, 1.807) is 6.33 Å². The molecule has 0 radical (unpaired) electrons. The van der Waals surface area contributed by atoms with E-state index in [1.165, 1.54) is 5.56 Å². The van der Waals surface area contributed by atoms with E-state index in [-0.39, 0.29) is 0 Å². The van der Waals surface area contributed by atoms with Crippen LogP contribution in [0.25, 0.3) is 0 Å². The van der Waals surface area contributed by atoms with E-state index in [9.17, 15) is 0 Å². The van der Waals surface area contributed by atoms with Gasteiger partial charge in [0.2, 0.25) is 0 Å². The summed E-state index contributed by atoms with van der Waals surface area (Å²) in [6, 6.07) is 10.1. The zero-order chi connectivity index (χ0) is 13.8. The monoisotopic (exact) mass is 270 g/mol. The molecule has 0 spiro atoms. The van der Waals surface area contributed by atoms with Crippen LogP contribution in [0.1, 0.15) is 12.5 Å². The van der Waals surface area contributed by atoms with Crippen molar-refractivity contribution < 1.29 is 4.74 Å². The molecule has 1 aromatic heterocycles. The molecule has 5 heteroatoms. The Morgan fingerprint density at radius 1 is 1.30 bits per heavy atom. The first kappa shape index (κ1) is 12.7. The van der Waals surface area contributed by atoms with Gasteiger partial charge in [-0.15, -0.1) is 0 Å². The Labute approximate surface area is 118 Å². The third-order valence-corrected chi connectivity index (χ3v) is 3.29. The molecule has 20 heavy (non-hydrogen) atoms. The fourth-order valence-corrected chi connectivity index (χ4v) is 2.32. The van der Waals surface area contributed by atoms with Crippen LogP contribution in [0.3, 0.4) is 0 Å². The van der Waals surface area contributed by atoms with Crippen LogP contribution in [0.5, 0.6) is 5.75 Å². The van der Waals surface area contributed by atoms with Crippen molar-refractivity contribution in [3.63, 3.8) is 0 Å². The van der Waals surface area contributed by atoms with Crippen molar-refractivity contribution in [1.82, 2.24) is 9.97 Å². The maximum absolute atomic E-state index is 5.78. The fraction of sp³-hybridized carbons (Fsp3) is 0.333. The van der Waals surface area contributed by atoms with E-state index in [1.807, 2.05) is 24.3 Å². The molecule has 0 bridgehead atoms. The molecule has 0 fully saturated rings. The Bertz CT molecular complexity index is 588. The molecule has 1 aliphatic heterocycles. The number of hydrogen-bond acceptors (Lipinski definition) is 5. The third kappa shape index (κ3) is 2.66. The van der Waals surface area contributed by atoms with Gasteiger partial charge in [0.1, 0.15) is 30.3 Å². The standard InChI is InChI=1S/C15H18N4O/c1-2-16-14-9-15(18-11-17-14)19-7-8-20-13-6-4-3-5-12(13)10-19/h3-6,9,11H,2,7-8,10H2,1H3,(H,16,17,18). The summed E-state index contributed by atoms with van der Waals surface area (Å²) < 4.78 is 5.78. The van der Waals surface area contributed by atoms with E-state index in [0.29, 0.717) is 6.61 Å². The van der Waals surface area contributed by atoms with Crippen LogP contribution < -0.4 is 15.0 Å². The van der Waals surface area contributed by atoms with Gasteiger partial charge >= 0.3 is 0 Å². The van der Waals surface area contributed by atoms with Crippen molar-refractivity contribution in [1.29, 1.82) is 0 Å². The van der Waals surface area contributed by atoms with Gasteiger partial charge in [-0.2, -0.15) is 0 Å². The SMILES string of the molecule is CCNc1cc(N2CCOc3ccccc3C2)ncn1. The van der Waals surface area contributed by atoms with Crippen LogP contribution in [-0.2, 0) is 6.54 Å². The molecule has 0 unspecified atom stereocenters. The lowest BCUT2D eigenvalue weighted by Crippen LogP contribution is -2.26. The van der Waals surface area contributed by atoms with Crippen molar-refractivity contribution in [3.8, 4) is 5.75 Å². The van der Waals surface area contributed by atoms with Gasteiger partial charge in [0.15, 0.2) is 0 Å². The average molecular weight is 270 g/mol. The van der Waals surface area contributed by atoms with Gasteiger partial charge in [-0.1, -0.05) is 18.2 Å². The number of benzene rings is 1. The molecule has 2 heterocycles. The summed E-state index contributed by atoms with van der Waals surface area (Å²) in [7, 11) is 0. The highest BCUT2D eigenvalue weighted by Gasteiger charge is 2.16. The molecule has 0 saturated heterocycles. The second-order valence-electron chi connectivity index (χ2n) is 4.67. The number of anilines is 2. The van der Waals surface area contributed by atoms with Crippen LogP contribution in [0.4, 0.5) is 11.6 Å². The predicted octanol–water partition coefficient (Wildman–Crippen LogP) is 2.31. The maximum atomic E-state index is 5.78. The third-order valence-electron chi connectivity index (χ3n) is 3.29. The highest BCUT2D eigenvalue weighted by molar-refractivity contribution is 5.50. The number of nitrogens with one attached hydrogen (secondary N) is 1. The van der Waals surface area contributed by atoms with Gasteiger partial charge in [0.05, 0.1) is 6.54 Å². The smallest absolute Gasteiger partial charge is 0.134 e. The van der Waals surface area contributed by atoms with Crippen molar-refractivity contribution in [3.05, 3.63) is 42.2 Å². The number of nitrogens with zero attached hydrogens (tertiary/aromatic N) is 3. The van der Waals surface area contributed by atoms with Crippen LogP contribution in [0, 0.1) is 0 Å². The molecule has 0 aliphatic carbocycles. The maximum Gasteiger partial charge on any atom is 0.134 e. The summed E-state index contributed by atoms with van der Waals surface area (Å²) in [6.45, 7) is 5.19. The lowest BCUT2D eigenvalue weighted by Gasteiger charge is -2.21. The lowest BCUT2D eigenvalue weighted by molar-refractivity contribution is 0.331. The Morgan fingerprint density at radius 2 is 2.20 bits per heavy atom. The molecule has 104 valence electrons. The molecule has 1 aliphatic rings. The van der Waals surface area contributed by atoms with Gasteiger partial charge in [-0.25, -0.2) is 9.97 Å². The van der Waals surface area contributed by atoms with Crippen molar-refractivity contribution in [2.45, 2.75) is 13.5 Å². The summed E-state index contributed by atoms with van der Waals surface area (Å²) in [4.78, 5) is 10.8. The van der Waals surface area contributed by atoms with E-state index < -0.39 is 0 Å². The summed E-state index contributed by atoms with van der Waals surface area (Å²) in [5.74, 6) is 2.75. The summed E-state index contributed by atoms with van der Waals surface area (Å²) in [5, 5.41) is 3.21. The molecular formula is C15H18N4O. The van der Waals surface area contributed by atoms with Gasteiger partial charge in [-0.05, 0) is 13.0 Å². The number of hydrogen-bond donors (Lipinski definition) is 1. The highest BCUT2D eigenvalue weighted by Crippen LogP contribution is 2.25. The molecule has 0 atom stereocenters. The van der Waals surface area contributed by atoms with Crippen LogP contribution in [-0.4, -0.2) is 29.7 Å². The van der Waals surface area contributed by atoms with Crippen LogP contribution in [0.2, 0.25) is 0 Å². The van der Waals surface area contributed by atoms with E-state index >= 15 is 0 Å². The van der Waals surface area contributed by atoms with Crippen LogP contribution in [0.15, 0.2) is 36.7 Å². The van der Waals surface area contributed by atoms with Gasteiger partial charge < -0.3 is 15.0 Å². The van der Waals surface area contributed by atoms with Gasteiger partial charge in [0.25, 0.3) is 0 Å². The predicted molar refractivity (Wildman–Crippen MR) is 79.2 cm³/mol. The average Bonchev–Trinajstić information content (AvgIpc) is 2.70. The first-order chi connectivity index (χ1) is 9.86. The molecule has 3 rings (SSSR count). The quantitative estimate of drug-likeness (QED) is 0.927. The minimum absolute atomic E-state index is 0.664. The lowest BCUT2D eigenvalue weighted by atomic mass is 10.2. The van der Waals surface area contributed by atoms with E-state index in [2.05, 4.69) is 33.2 Å². The zero-order valence-corrected chi connectivity index (χ0v) is 11.5. The van der Waals surface area contributed by atoms with Crippen molar-refractivity contribution in [2.75, 3.05) is 29.9 Å². The molecule has 1 N–H and O–H groups in total. The number of aromatic nitrogens is 2. The number of para-hydroxylation sites is 1. The normalized spacial score (nSPS) is 14.2. The molecule has 2 aromatic rings. The topological polar surface area (TPSA) is 50.3 Å². The summed E-state index contributed by atoms with van der Waals surface area (Å²) in [6.07, 6.45) is 1.60. The second kappa shape index (κ2) is 5.77. The summed E-state index contributed by atoms with van der Waals surface area (Å²) >= 11 is 0. The Kier molecular flexibility index (Phi) is 3.67. The minimum atomic E-state index is 0.664. The van der Waals surface area contributed by atoms with Gasteiger partial charge in [-0.3, -0.25) is 0 Å². The molecule has 5 nitrogen and oxygen atoms in total. The van der Waals surface area contributed by atoms with Gasteiger partial charge in [0, 0.05) is 24.7 Å². The van der Waals surface area contributed by atoms with Crippen LogP contribution >= 0.6 is 0 Å². The number of fused-ring (bicyclic) bond motifs is 1. The van der Waals surface area contributed by atoms with E-state index in [4.69, 9.17) is 4.74 Å². The largest absolute Gasteiger partial charge is 0.491 e. The first-order valence-electron chi connectivity index (χ1n) is 6.88. The fourth-order valence-electron chi connectivity index (χ4n) is 2.32. The van der Waals surface area contributed by atoms with E-state index in [0.717, 1.165) is 37.0 Å². The number of ether oxygens (including phenoxy) is 1.